The lowest BCUT2D eigenvalue weighted by atomic mass is 10.2. The van der Waals surface area contributed by atoms with Gasteiger partial charge in [-0.2, -0.15) is 0 Å². The van der Waals surface area contributed by atoms with Gasteiger partial charge in [0.15, 0.2) is 0 Å². The molecule has 0 rings (SSSR count). The maximum Gasteiger partial charge on any atom is 0.419 e. The minimum absolute atomic E-state index is 0.453. The van der Waals surface area contributed by atoms with Crippen LogP contribution in [0.15, 0.2) is 22.9 Å². The molecule has 0 heterocycles. The van der Waals surface area contributed by atoms with E-state index in [1.54, 1.807) is 6.92 Å². The smallest absolute Gasteiger partial charge is 0.419 e. The monoisotopic (exact) mass is 243 g/mol. The van der Waals surface area contributed by atoms with Gasteiger partial charge in [0.25, 0.3) is 0 Å². The Kier molecular flexibility index (Phi) is 5.13. The molecule has 92 valence electrons. The second-order valence-corrected chi connectivity index (χ2v) is 5.30. The second-order valence-electron chi connectivity index (χ2n) is 4.87. The fourth-order valence-electron chi connectivity index (χ4n) is 0.954. The van der Waals surface area contributed by atoms with Crippen LogP contribution in [-0.4, -0.2) is 16.6 Å². The minimum atomic E-state index is -0.527. The van der Waals surface area contributed by atoms with Gasteiger partial charge in [-0.05, 0) is 47.1 Å². The lowest BCUT2D eigenvalue weighted by molar-refractivity contribution is 0.0378. The van der Waals surface area contributed by atoms with Crippen LogP contribution < -0.4 is 0 Å². The number of thiol groups is 1. The van der Waals surface area contributed by atoms with Crippen LogP contribution in [0.2, 0.25) is 0 Å². The highest BCUT2D eigenvalue weighted by molar-refractivity contribution is 7.84. The number of rotatable bonds is 2. The number of hydrogen-bond acceptors (Lipinski definition) is 3. The van der Waals surface area contributed by atoms with Crippen LogP contribution in [-0.2, 0) is 4.74 Å². The Labute approximate surface area is 104 Å². The van der Waals surface area contributed by atoms with Crippen molar-refractivity contribution in [3.63, 3.8) is 0 Å². The molecule has 0 N–H and O–H groups in total. The first-order valence-electron chi connectivity index (χ1n) is 5.11. The van der Waals surface area contributed by atoms with Crippen LogP contribution in [0.3, 0.4) is 0 Å². The van der Waals surface area contributed by atoms with Gasteiger partial charge >= 0.3 is 6.09 Å². The van der Waals surface area contributed by atoms with Crippen molar-refractivity contribution in [2.75, 3.05) is 0 Å². The Morgan fingerprint density at radius 2 is 1.69 bits per heavy atom. The van der Waals surface area contributed by atoms with Crippen molar-refractivity contribution in [1.82, 2.24) is 4.90 Å². The predicted octanol–water partition coefficient (Wildman–Crippen LogP) is 3.94. The Morgan fingerprint density at radius 3 is 1.94 bits per heavy atom. The number of amides is 1. The molecule has 0 aliphatic carbocycles. The molecule has 0 aromatic heterocycles. The van der Waals surface area contributed by atoms with Gasteiger partial charge in [0.05, 0.1) is 5.03 Å². The molecule has 0 fully saturated rings. The summed E-state index contributed by atoms with van der Waals surface area (Å²) in [4.78, 5) is 13.3. The maximum absolute atomic E-state index is 11.9. The van der Waals surface area contributed by atoms with E-state index in [1.165, 1.54) is 4.90 Å². The molecule has 0 saturated carbocycles. The molecule has 0 atom stereocenters. The molecule has 0 radical (unpaired) electrons. The third kappa shape index (κ3) is 4.75. The largest absolute Gasteiger partial charge is 0.443 e. The Morgan fingerprint density at radius 1 is 1.25 bits per heavy atom. The van der Waals surface area contributed by atoms with E-state index in [0.29, 0.717) is 10.7 Å². The molecule has 0 aromatic carbocycles. The molecule has 0 bridgehead atoms. The van der Waals surface area contributed by atoms with Gasteiger partial charge in [-0.1, -0.05) is 6.58 Å². The van der Waals surface area contributed by atoms with Crippen molar-refractivity contribution in [3.05, 3.63) is 22.9 Å². The third-order valence-corrected chi connectivity index (χ3v) is 2.26. The summed E-state index contributed by atoms with van der Waals surface area (Å²) < 4.78 is 5.28. The highest BCUT2D eigenvalue weighted by Gasteiger charge is 2.24. The van der Waals surface area contributed by atoms with E-state index >= 15 is 0 Å². The standard InChI is InChI=1S/C12H21NO2S/c1-8(2)10(16)13(9(3)4)11(14)15-12(5,6)7/h16H,3H2,1-2,4-7H3. The highest BCUT2D eigenvalue weighted by atomic mass is 32.1. The lowest BCUT2D eigenvalue weighted by Crippen LogP contribution is -2.34. The zero-order valence-corrected chi connectivity index (χ0v) is 11.8. The van der Waals surface area contributed by atoms with Crippen LogP contribution >= 0.6 is 12.6 Å². The van der Waals surface area contributed by atoms with Crippen molar-refractivity contribution in [2.45, 2.75) is 47.1 Å². The molecule has 1 amide bonds. The number of allylic oxidation sites excluding steroid dienone is 2. The molecular weight excluding hydrogens is 222 g/mol. The molecular formula is C12H21NO2S. The zero-order chi connectivity index (χ0) is 13.1. The first-order valence-corrected chi connectivity index (χ1v) is 5.56. The summed E-state index contributed by atoms with van der Waals surface area (Å²) in [5.41, 5.74) is 0.984. The Hall–Kier alpha value is -0.900. The van der Waals surface area contributed by atoms with Gasteiger partial charge in [-0.25, -0.2) is 9.69 Å². The summed E-state index contributed by atoms with van der Waals surface area (Å²) >= 11 is 4.29. The molecule has 0 aromatic rings. The van der Waals surface area contributed by atoms with Gasteiger partial charge in [-0.15, -0.1) is 12.6 Å². The summed E-state index contributed by atoms with van der Waals surface area (Å²) in [5, 5.41) is 0.557. The SMILES string of the molecule is C=C(C)N(C(=O)OC(C)(C)C)C(S)=C(C)C. The summed E-state index contributed by atoms with van der Waals surface area (Å²) in [7, 11) is 0. The van der Waals surface area contributed by atoms with E-state index in [1.807, 2.05) is 34.6 Å². The normalized spacial score (nSPS) is 10.7. The van der Waals surface area contributed by atoms with Gasteiger partial charge in [0.1, 0.15) is 5.60 Å². The van der Waals surface area contributed by atoms with Gasteiger partial charge in [0.2, 0.25) is 0 Å². The number of nitrogens with zero attached hydrogens (tertiary/aromatic N) is 1. The van der Waals surface area contributed by atoms with Crippen molar-refractivity contribution in [1.29, 1.82) is 0 Å². The van der Waals surface area contributed by atoms with E-state index in [-0.39, 0.29) is 0 Å². The van der Waals surface area contributed by atoms with Crippen molar-refractivity contribution < 1.29 is 9.53 Å². The quantitative estimate of drug-likeness (QED) is 0.744. The number of hydrogen-bond donors (Lipinski definition) is 1. The molecule has 16 heavy (non-hydrogen) atoms. The van der Waals surface area contributed by atoms with Crippen molar-refractivity contribution in [3.8, 4) is 0 Å². The number of ether oxygens (including phenoxy) is 1. The van der Waals surface area contributed by atoms with Gasteiger partial charge in [0, 0.05) is 5.70 Å². The second kappa shape index (κ2) is 5.43. The molecule has 0 aliphatic heterocycles. The average Bonchev–Trinajstić information content (AvgIpc) is 1.99. The molecule has 0 aliphatic rings. The summed E-state index contributed by atoms with van der Waals surface area (Å²) in [6.07, 6.45) is -0.453. The Bertz CT molecular complexity index is 322. The number of carbonyl (C=O) groups excluding carboxylic acids is 1. The average molecular weight is 243 g/mol. The van der Waals surface area contributed by atoms with Gasteiger partial charge < -0.3 is 4.74 Å². The van der Waals surface area contributed by atoms with E-state index < -0.39 is 11.7 Å². The van der Waals surface area contributed by atoms with Gasteiger partial charge in [-0.3, -0.25) is 0 Å². The van der Waals surface area contributed by atoms with E-state index in [4.69, 9.17) is 4.74 Å². The Balaban J connectivity index is 5.04. The first-order chi connectivity index (χ1) is 7.06. The molecule has 4 heteroatoms. The topological polar surface area (TPSA) is 29.5 Å². The van der Waals surface area contributed by atoms with E-state index in [9.17, 15) is 4.79 Å². The van der Waals surface area contributed by atoms with E-state index in [0.717, 1.165) is 5.57 Å². The third-order valence-electron chi connectivity index (χ3n) is 1.62. The van der Waals surface area contributed by atoms with Crippen molar-refractivity contribution >= 4 is 18.7 Å². The molecule has 0 saturated heterocycles. The van der Waals surface area contributed by atoms with Crippen LogP contribution in [0.5, 0.6) is 0 Å². The van der Waals surface area contributed by atoms with Crippen molar-refractivity contribution in [2.24, 2.45) is 0 Å². The fourth-order valence-corrected chi connectivity index (χ4v) is 1.21. The first kappa shape index (κ1) is 15.1. The maximum atomic E-state index is 11.9. The molecule has 0 spiro atoms. The zero-order valence-electron chi connectivity index (χ0n) is 10.9. The highest BCUT2D eigenvalue weighted by Crippen LogP contribution is 2.22. The fraction of sp³-hybridized carbons (Fsp3) is 0.583. The summed E-state index contributed by atoms with van der Waals surface area (Å²) in [5.74, 6) is 0. The van der Waals surface area contributed by atoms with Crippen LogP contribution in [0, 0.1) is 0 Å². The minimum Gasteiger partial charge on any atom is -0.443 e. The van der Waals surface area contributed by atoms with Crippen LogP contribution in [0.25, 0.3) is 0 Å². The molecule has 3 nitrogen and oxygen atoms in total. The van der Waals surface area contributed by atoms with E-state index in [2.05, 4.69) is 19.2 Å². The van der Waals surface area contributed by atoms with Crippen LogP contribution in [0.1, 0.15) is 41.5 Å². The summed E-state index contributed by atoms with van der Waals surface area (Å²) in [6.45, 7) is 14.7. The summed E-state index contributed by atoms with van der Waals surface area (Å²) in [6, 6.07) is 0. The predicted molar refractivity (Wildman–Crippen MR) is 70.2 cm³/mol. The lowest BCUT2D eigenvalue weighted by Gasteiger charge is -2.28. The molecule has 0 unspecified atom stereocenters. The van der Waals surface area contributed by atoms with Crippen LogP contribution in [0.4, 0.5) is 4.79 Å². The number of carbonyl (C=O) groups is 1.